The van der Waals surface area contributed by atoms with Crippen molar-refractivity contribution in [1.82, 2.24) is 14.7 Å². The number of aromatic nitrogens is 2. The maximum absolute atomic E-state index is 12.6. The monoisotopic (exact) mass is 319 g/mol. The number of aliphatic carboxylic acids is 1. The van der Waals surface area contributed by atoms with Crippen molar-refractivity contribution in [2.45, 2.75) is 33.2 Å². The fourth-order valence-corrected chi connectivity index (χ4v) is 2.48. The van der Waals surface area contributed by atoms with Gasteiger partial charge in [0.1, 0.15) is 11.7 Å². The van der Waals surface area contributed by atoms with Crippen LogP contribution in [0.5, 0.6) is 5.75 Å². The molecule has 0 saturated heterocycles. The average molecular weight is 319 g/mol. The normalized spacial score (nSPS) is 13.6. The molecule has 7 heteroatoms. The van der Waals surface area contributed by atoms with Crippen molar-refractivity contribution in [1.29, 1.82) is 0 Å². The molecule has 2 aromatic heterocycles. The first-order chi connectivity index (χ1) is 10.9. The van der Waals surface area contributed by atoms with E-state index in [2.05, 4.69) is 10.3 Å². The van der Waals surface area contributed by atoms with Gasteiger partial charge in [0.15, 0.2) is 11.4 Å². The van der Waals surface area contributed by atoms with Gasteiger partial charge < -0.3 is 15.2 Å². The molecule has 0 aliphatic rings. The van der Waals surface area contributed by atoms with E-state index in [-0.39, 0.29) is 5.92 Å². The lowest BCUT2D eigenvalue weighted by atomic mass is 9.99. The lowest BCUT2D eigenvalue weighted by molar-refractivity contribution is -0.140. The number of nitrogens with one attached hydrogen (secondary N) is 1. The molecule has 0 aliphatic carbocycles. The molecule has 1 amide bonds. The van der Waals surface area contributed by atoms with Gasteiger partial charge in [0.2, 0.25) is 0 Å². The van der Waals surface area contributed by atoms with E-state index < -0.39 is 17.9 Å². The van der Waals surface area contributed by atoms with Crippen molar-refractivity contribution in [3.8, 4) is 5.75 Å². The lowest BCUT2D eigenvalue weighted by Gasteiger charge is -2.20. The number of hydrogen-bond acceptors (Lipinski definition) is 4. The van der Waals surface area contributed by atoms with Crippen LogP contribution in [0.3, 0.4) is 0 Å². The first-order valence-corrected chi connectivity index (χ1v) is 7.46. The number of carboxylic acid groups (broad SMARTS) is 1. The Morgan fingerprint density at radius 3 is 2.74 bits per heavy atom. The van der Waals surface area contributed by atoms with Crippen LogP contribution < -0.4 is 10.1 Å². The Balaban J connectivity index is 2.41. The van der Waals surface area contributed by atoms with Crippen LogP contribution in [0.1, 0.15) is 36.5 Å². The highest BCUT2D eigenvalue weighted by molar-refractivity contribution is 5.97. The van der Waals surface area contributed by atoms with E-state index in [0.29, 0.717) is 29.2 Å². The summed E-state index contributed by atoms with van der Waals surface area (Å²) in [7, 11) is 1.53. The van der Waals surface area contributed by atoms with Crippen LogP contribution in [0.4, 0.5) is 0 Å². The minimum absolute atomic E-state index is 0.175. The third-order valence-corrected chi connectivity index (χ3v) is 3.99. The first-order valence-electron chi connectivity index (χ1n) is 7.46. The zero-order valence-corrected chi connectivity index (χ0v) is 13.7. The second-order valence-corrected chi connectivity index (χ2v) is 5.49. The molecule has 0 fully saturated rings. The van der Waals surface area contributed by atoms with Crippen molar-refractivity contribution < 1.29 is 19.4 Å². The van der Waals surface area contributed by atoms with Gasteiger partial charge in [-0.3, -0.25) is 9.20 Å². The number of aryl methyl sites for hydroxylation is 1. The summed E-state index contributed by atoms with van der Waals surface area (Å²) in [4.78, 5) is 28.3. The van der Waals surface area contributed by atoms with E-state index in [0.717, 1.165) is 0 Å². The van der Waals surface area contributed by atoms with Crippen molar-refractivity contribution in [3.05, 3.63) is 29.7 Å². The molecule has 0 aromatic carbocycles. The smallest absolute Gasteiger partial charge is 0.326 e. The highest BCUT2D eigenvalue weighted by Gasteiger charge is 2.28. The highest BCUT2D eigenvalue weighted by Crippen LogP contribution is 2.22. The van der Waals surface area contributed by atoms with Crippen LogP contribution in [-0.2, 0) is 4.79 Å². The molecule has 2 unspecified atom stereocenters. The van der Waals surface area contributed by atoms with Crippen LogP contribution >= 0.6 is 0 Å². The van der Waals surface area contributed by atoms with E-state index in [9.17, 15) is 14.7 Å². The largest absolute Gasteiger partial charge is 0.493 e. The Morgan fingerprint density at radius 1 is 1.48 bits per heavy atom. The highest BCUT2D eigenvalue weighted by atomic mass is 16.5. The van der Waals surface area contributed by atoms with Gasteiger partial charge in [0, 0.05) is 6.20 Å². The van der Waals surface area contributed by atoms with Gasteiger partial charge in [-0.2, -0.15) is 0 Å². The zero-order valence-electron chi connectivity index (χ0n) is 13.7. The number of pyridine rings is 1. The third-order valence-electron chi connectivity index (χ3n) is 3.99. The summed E-state index contributed by atoms with van der Waals surface area (Å²) < 4.78 is 6.85. The number of carbonyl (C=O) groups excluding carboxylic acids is 1. The third kappa shape index (κ3) is 3.13. The lowest BCUT2D eigenvalue weighted by Crippen LogP contribution is -2.45. The van der Waals surface area contributed by atoms with Crippen LogP contribution in [0.25, 0.3) is 5.65 Å². The van der Waals surface area contributed by atoms with E-state index in [1.54, 1.807) is 36.6 Å². The van der Waals surface area contributed by atoms with Gasteiger partial charge in [0.05, 0.1) is 12.8 Å². The summed E-state index contributed by atoms with van der Waals surface area (Å²) >= 11 is 0. The Labute approximate surface area is 134 Å². The molecular weight excluding hydrogens is 298 g/mol. The maximum atomic E-state index is 12.6. The van der Waals surface area contributed by atoms with Crippen LogP contribution in [0, 0.1) is 12.8 Å². The topological polar surface area (TPSA) is 92.9 Å². The second-order valence-electron chi connectivity index (χ2n) is 5.49. The first kappa shape index (κ1) is 16.8. The Bertz CT molecular complexity index is 738. The molecule has 0 saturated carbocycles. The number of ether oxygens (including phenoxy) is 1. The van der Waals surface area contributed by atoms with Gasteiger partial charge >= 0.3 is 5.97 Å². The van der Waals surface area contributed by atoms with Gasteiger partial charge in [-0.15, -0.1) is 0 Å². The van der Waals surface area contributed by atoms with Crippen LogP contribution in [-0.4, -0.2) is 39.5 Å². The SMILES string of the molecule is CCC(C)C(NC(=O)c1c(C)nc2c(OC)cccn12)C(=O)O. The number of amides is 1. The minimum atomic E-state index is -1.04. The average Bonchev–Trinajstić information content (AvgIpc) is 2.87. The molecule has 23 heavy (non-hydrogen) atoms. The van der Waals surface area contributed by atoms with Gasteiger partial charge in [-0.25, -0.2) is 9.78 Å². The van der Waals surface area contributed by atoms with Crippen molar-refractivity contribution in [2.75, 3.05) is 7.11 Å². The van der Waals surface area contributed by atoms with Crippen molar-refractivity contribution in [3.63, 3.8) is 0 Å². The summed E-state index contributed by atoms with van der Waals surface area (Å²) in [6, 6.07) is 2.55. The number of hydrogen-bond donors (Lipinski definition) is 2. The van der Waals surface area contributed by atoms with Gasteiger partial charge in [-0.05, 0) is 25.0 Å². The molecule has 2 N–H and O–H groups in total. The standard InChI is InChI=1S/C16H21N3O4/c1-5-9(2)12(16(21)22)18-15(20)13-10(3)17-14-11(23-4)7-6-8-19(13)14/h6-9,12H,5H2,1-4H3,(H,18,20)(H,21,22). The van der Waals surface area contributed by atoms with Gasteiger partial charge in [-0.1, -0.05) is 20.3 Å². The fourth-order valence-electron chi connectivity index (χ4n) is 2.48. The van der Waals surface area contributed by atoms with Crippen LogP contribution in [0.15, 0.2) is 18.3 Å². The predicted octanol–water partition coefficient (Wildman–Crippen LogP) is 1.88. The van der Waals surface area contributed by atoms with E-state index in [4.69, 9.17) is 4.74 Å². The number of carbonyl (C=O) groups is 2. The molecule has 2 atom stereocenters. The summed E-state index contributed by atoms with van der Waals surface area (Å²) in [6.45, 7) is 5.39. The van der Waals surface area contributed by atoms with E-state index in [1.807, 2.05) is 6.92 Å². The summed E-state index contributed by atoms with van der Waals surface area (Å²) in [6.07, 6.45) is 2.35. The number of imidazole rings is 1. The zero-order chi connectivity index (χ0) is 17.1. The quantitative estimate of drug-likeness (QED) is 0.848. The molecule has 0 spiro atoms. The summed E-state index contributed by atoms with van der Waals surface area (Å²) in [5.41, 5.74) is 1.35. The molecule has 2 rings (SSSR count). The molecule has 0 aliphatic heterocycles. The molecule has 0 bridgehead atoms. The number of methoxy groups -OCH3 is 1. The Kier molecular flexibility index (Phi) is 4.88. The van der Waals surface area contributed by atoms with E-state index >= 15 is 0 Å². The number of rotatable bonds is 6. The number of fused-ring (bicyclic) bond motifs is 1. The number of carboxylic acids is 1. The van der Waals surface area contributed by atoms with Gasteiger partial charge in [0.25, 0.3) is 5.91 Å². The summed E-state index contributed by atoms with van der Waals surface area (Å²) in [5.74, 6) is -1.13. The maximum Gasteiger partial charge on any atom is 0.326 e. The van der Waals surface area contributed by atoms with Crippen molar-refractivity contribution in [2.24, 2.45) is 5.92 Å². The number of nitrogens with zero attached hydrogens (tertiary/aromatic N) is 2. The minimum Gasteiger partial charge on any atom is -0.493 e. The fraction of sp³-hybridized carbons (Fsp3) is 0.438. The van der Waals surface area contributed by atoms with Crippen molar-refractivity contribution >= 4 is 17.5 Å². The second kappa shape index (κ2) is 6.68. The molecule has 0 radical (unpaired) electrons. The Morgan fingerprint density at radius 2 is 2.17 bits per heavy atom. The Hall–Kier alpha value is -2.57. The predicted molar refractivity (Wildman–Crippen MR) is 84.8 cm³/mol. The summed E-state index contributed by atoms with van der Waals surface area (Å²) in [5, 5.41) is 11.9. The van der Waals surface area contributed by atoms with E-state index in [1.165, 1.54) is 7.11 Å². The van der Waals surface area contributed by atoms with Crippen LogP contribution in [0.2, 0.25) is 0 Å². The molecule has 2 aromatic rings. The molecule has 124 valence electrons. The molecule has 7 nitrogen and oxygen atoms in total. The molecular formula is C16H21N3O4. The molecule has 2 heterocycles.